The van der Waals surface area contributed by atoms with Gasteiger partial charge in [-0.15, -0.1) is 0 Å². The Hall–Kier alpha value is -3.16. The minimum atomic E-state index is -0.519. The number of anilines is 1. The number of hydrogen-bond donors (Lipinski definition) is 3. The van der Waals surface area contributed by atoms with Crippen molar-refractivity contribution in [3.63, 3.8) is 0 Å². The molecule has 0 spiro atoms. The van der Waals surface area contributed by atoms with Crippen LogP contribution in [0.5, 0.6) is 0 Å². The number of carbonyl (C=O) groups is 3. The van der Waals surface area contributed by atoms with Crippen molar-refractivity contribution in [1.82, 2.24) is 20.8 Å². The van der Waals surface area contributed by atoms with Crippen molar-refractivity contribution < 1.29 is 14.4 Å². The molecule has 1 aliphatic heterocycles. The number of hydrogen-bond acceptors (Lipinski definition) is 4. The highest BCUT2D eigenvalue weighted by Crippen LogP contribution is 2.22. The maximum Gasteiger partial charge on any atom is 0.328 e. The summed E-state index contributed by atoms with van der Waals surface area (Å²) >= 11 is 0. The monoisotopic (exact) mass is 327 g/mol. The average Bonchev–Trinajstić information content (AvgIpc) is 2.98. The van der Waals surface area contributed by atoms with E-state index in [4.69, 9.17) is 0 Å². The van der Waals surface area contributed by atoms with Crippen LogP contribution in [0.4, 0.5) is 10.5 Å². The number of carbonyl (C=O) groups excluding carboxylic acids is 3. The van der Waals surface area contributed by atoms with E-state index in [0.717, 1.165) is 11.4 Å². The third kappa shape index (κ3) is 3.27. The third-order valence-corrected chi connectivity index (χ3v) is 3.68. The van der Waals surface area contributed by atoms with E-state index in [-0.39, 0.29) is 31.3 Å². The number of H-pyrrole nitrogens is 1. The number of nitrogens with zero attached hydrogens (tertiary/aromatic N) is 2. The predicted molar refractivity (Wildman–Crippen MR) is 86.4 cm³/mol. The zero-order valence-electron chi connectivity index (χ0n) is 13.1. The molecule has 0 aliphatic carbocycles. The fraction of sp³-hybridized carbons (Fsp3) is 0.250. The minimum Gasteiger partial charge on any atom is -0.346 e. The number of benzene rings is 1. The molecule has 2 aromatic rings. The lowest BCUT2D eigenvalue weighted by Crippen LogP contribution is -2.50. The van der Waals surface area contributed by atoms with Crippen molar-refractivity contribution in [3.05, 3.63) is 47.3 Å². The van der Waals surface area contributed by atoms with E-state index < -0.39 is 6.03 Å². The molecule has 1 aliphatic rings. The Morgan fingerprint density at radius 3 is 2.83 bits per heavy atom. The van der Waals surface area contributed by atoms with Crippen molar-refractivity contribution in [2.24, 2.45) is 0 Å². The predicted octanol–water partition coefficient (Wildman–Crippen LogP) is 1.09. The Morgan fingerprint density at radius 2 is 2.12 bits per heavy atom. The van der Waals surface area contributed by atoms with E-state index in [9.17, 15) is 14.4 Å². The molecule has 24 heavy (non-hydrogen) atoms. The first-order valence-electron chi connectivity index (χ1n) is 7.54. The molecule has 0 unspecified atom stereocenters. The number of para-hydroxylation sites is 1. The van der Waals surface area contributed by atoms with Gasteiger partial charge in [0.05, 0.1) is 23.5 Å². The summed E-state index contributed by atoms with van der Waals surface area (Å²) < 4.78 is 0. The van der Waals surface area contributed by atoms with Crippen LogP contribution in [-0.4, -0.2) is 34.6 Å². The number of aromatic nitrogens is 2. The van der Waals surface area contributed by atoms with E-state index in [2.05, 4.69) is 20.8 Å². The summed E-state index contributed by atoms with van der Waals surface area (Å²) in [6.45, 7) is 2.40. The standard InChI is InChI=1S/C16H17N5O3/c1-10-8-11(20-19-10)9-17-15(23)12-4-2-3-5-13(12)21-7-6-14(22)18-16(21)24/h2-5,8H,6-7,9H2,1H3,(H,17,23)(H,19,20)(H,18,22,24). The quantitative estimate of drug-likeness (QED) is 0.781. The third-order valence-electron chi connectivity index (χ3n) is 3.68. The lowest BCUT2D eigenvalue weighted by Gasteiger charge is -2.28. The molecular formula is C16H17N5O3. The minimum absolute atomic E-state index is 0.203. The SMILES string of the molecule is Cc1cc(CNC(=O)c2ccccc2N2CCC(=O)NC2=O)n[nH]1. The van der Waals surface area contributed by atoms with Gasteiger partial charge in [-0.25, -0.2) is 4.79 Å². The van der Waals surface area contributed by atoms with E-state index in [1.165, 1.54) is 4.90 Å². The van der Waals surface area contributed by atoms with Gasteiger partial charge in [0.1, 0.15) is 0 Å². The summed E-state index contributed by atoms with van der Waals surface area (Å²) in [4.78, 5) is 37.2. The van der Waals surface area contributed by atoms with Crippen LogP contribution in [0.3, 0.4) is 0 Å². The summed E-state index contributed by atoms with van der Waals surface area (Å²) in [5.41, 5.74) is 2.47. The van der Waals surface area contributed by atoms with Gasteiger partial charge in [0.15, 0.2) is 0 Å². The molecule has 0 bridgehead atoms. The molecule has 8 heteroatoms. The summed E-state index contributed by atoms with van der Waals surface area (Å²) in [7, 11) is 0. The largest absolute Gasteiger partial charge is 0.346 e. The van der Waals surface area contributed by atoms with Crippen molar-refractivity contribution >= 4 is 23.5 Å². The molecule has 1 fully saturated rings. The normalized spacial score (nSPS) is 14.5. The Morgan fingerprint density at radius 1 is 1.33 bits per heavy atom. The molecule has 124 valence electrons. The highest BCUT2D eigenvalue weighted by Gasteiger charge is 2.27. The van der Waals surface area contributed by atoms with Gasteiger partial charge in [-0.3, -0.25) is 24.9 Å². The number of nitrogens with one attached hydrogen (secondary N) is 3. The van der Waals surface area contributed by atoms with Gasteiger partial charge in [-0.2, -0.15) is 5.10 Å². The van der Waals surface area contributed by atoms with Crippen LogP contribution in [0.1, 0.15) is 28.2 Å². The van der Waals surface area contributed by atoms with Crippen molar-refractivity contribution in [2.45, 2.75) is 19.9 Å². The fourth-order valence-corrected chi connectivity index (χ4v) is 2.53. The summed E-state index contributed by atoms with van der Waals surface area (Å²) in [6.07, 6.45) is 0.203. The maximum absolute atomic E-state index is 12.5. The lowest BCUT2D eigenvalue weighted by molar-refractivity contribution is -0.120. The van der Waals surface area contributed by atoms with Gasteiger partial charge >= 0.3 is 6.03 Å². The Balaban J connectivity index is 1.77. The Labute approximate surface area is 138 Å². The fourth-order valence-electron chi connectivity index (χ4n) is 2.53. The molecule has 1 aromatic carbocycles. The van der Waals surface area contributed by atoms with Crippen molar-refractivity contribution in [1.29, 1.82) is 0 Å². The zero-order chi connectivity index (χ0) is 17.1. The number of aryl methyl sites for hydroxylation is 1. The molecule has 1 aromatic heterocycles. The second kappa shape index (κ2) is 6.53. The van der Waals surface area contributed by atoms with Crippen LogP contribution in [0.2, 0.25) is 0 Å². The summed E-state index contributed by atoms with van der Waals surface area (Å²) in [6, 6.07) is 8.12. The maximum atomic E-state index is 12.5. The Bertz CT molecular complexity index is 799. The molecule has 0 atom stereocenters. The average molecular weight is 327 g/mol. The van der Waals surface area contributed by atoms with E-state index >= 15 is 0 Å². The molecular weight excluding hydrogens is 310 g/mol. The molecule has 3 N–H and O–H groups in total. The van der Waals surface area contributed by atoms with Crippen LogP contribution in [0, 0.1) is 6.92 Å². The number of imide groups is 1. The van der Waals surface area contributed by atoms with Gasteiger partial charge in [-0.1, -0.05) is 12.1 Å². The number of urea groups is 1. The summed E-state index contributed by atoms with van der Waals surface area (Å²) in [5.74, 6) is -0.622. The zero-order valence-corrected chi connectivity index (χ0v) is 13.1. The number of rotatable bonds is 4. The van der Waals surface area contributed by atoms with Crippen LogP contribution < -0.4 is 15.5 Å². The van der Waals surface area contributed by atoms with E-state index in [0.29, 0.717) is 11.3 Å². The van der Waals surface area contributed by atoms with Gasteiger partial charge in [0.2, 0.25) is 5.91 Å². The molecule has 8 nitrogen and oxygen atoms in total. The molecule has 3 rings (SSSR count). The first-order valence-corrected chi connectivity index (χ1v) is 7.54. The Kier molecular flexibility index (Phi) is 4.28. The van der Waals surface area contributed by atoms with Crippen molar-refractivity contribution in [2.75, 3.05) is 11.4 Å². The molecule has 2 heterocycles. The van der Waals surface area contributed by atoms with Crippen LogP contribution in [0.25, 0.3) is 0 Å². The molecule has 0 radical (unpaired) electrons. The van der Waals surface area contributed by atoms with Gasteiger partial charge in [0.25, 0.3) is 5.91 Å². The highest BCUT2D eigenvalue weighted by atomic mass is 16.2. The second-order valence-electron chi connectivity index (χ2n) is 5.50. The topological polar surface area (TPSA) is 107 Å². The van der Waals surface area contributed by atoms with Crippen LogP contribution in [-0.2, 0) is 11.3 Å². The second-order valence-corrected chi connectivity index (χ2v) is 5.50. The van der Waals surface area contributed by atoms with E-state index in [1.807, 2.05) is 13.0 Å². The smallest absolute Gasteiger partial charge is 0.328 e. The molecule has 0 saturated carbocycles. The lowest BCUT2D eigenvalue weighted by atomic mass is 10.1. The molecule has 4 amide bonds. The first kappa shape index (κ1) is 15.7. The van der Waals surface area contributed by atoms with Gasteiger partial charge < -0.3 is 5.32 Å². The van der Waals surface area contributed by atoms with Crippen LogP contribution in [0.15, 0.2) is 30.3 Å². The number of amides is 4. The highest BCUT2D eigenvalue weighted by molar-refractivity contribution is 6.09. The molecule has 1 saturated heterocycles. The van der Waals surface area contributed by atoms with Gasteiger partial charge in [0, 0.05) is 18.7 Å². The van der Waals surface area contributed by atoms with Crippen molar-refractivity contribution in [3.8, 4) is 0 Å². The van der Waals surface area contributed by atoms with E-state index in [1.54, 1.807) is 24.3 Å². The van der Waals surface area contributed by atoms with Gasteiger partial charge in [-0.05, 0) is 25.1 Å². The number of aromatic amines is 1. The van der Waals surface area contributed by atoms with Crippen LogP contribution >= 0.6 is 0 Å². The first-order chi connectivity index (χ1) is 11.5. The summed E-state index contributed by atoms with van der Waals surface area (Å²) in [5, 5.41) is 11.9.